The van der Waals surface area contributed by atoms with E-state index in [1.165, 1.54) is 12.3 Å². The summed E-state index contributed by atoms with van der Waals surface area (Å²) in [6.07, 6.45) is 1.23. The van der Waals surface area contributed by atoms with Crippen LogP contribution >= 0.6 is 11.6 Å². The molecule has 0 saturated carbocycles. The van der Waals surface area contributed by atoms with Gasteiger partial charge < -0.3 is 10.6 Å². The number of nitrogens with one attached hydrogen (secondary N) is 2. The number of anilines is 2. The van der Waals surface area contributed by atoms with Gasteiger partial charge >= 0.3 is 0 Å². The van der Waals surface area contributed by atoms with Crippen LogP contribution in [0.25, 0.3) is 33.4 Å². The number of hydrogen-bond donors (Lipinski definition) is 2. The molecule has 0 atom stereocenters. The Morgan fingerprint density at radius 2 is 1.53 bits per heavy atom. The summed E-state index contributed by atoms with van der Waals surface area (Å²) in [6, 6.07) is 26.9. The first-order valence-corrected chi connectivity index (χ1v) is 11.7. The average molecular weight is 497 g/mol. The summed E-state index contributed by atoms with van der Waals surface area (Å²) < 4.78 is 0. The van der Waals surface area contributed by atoms with E-state index in [9.17, 15) is 10.1 Å². The number of benzene rings is 3. The van der Waals surface area contributed by atoms with E-state index in [1.807, 2.05) is 48.5 Å². The van der Waals surface area contributed by atoms with Crippen molar-refractivity contribution < 1.29 is 4.92 Å². The van der Waals surface area contributed by atoms with Gasteiger partial charge in [0.1, 0.15) is 17.8 Å². The van der Waals surface area contributed by atoms with E-state index in [0.29, 0.717) is 35.6 Å². The first-order chi connectivity index (χ1) is 17.6. The number of nitrogens with zero attached hydrogens (tertiary/aromatic N) is 4. The Morgan fingerprint density at radius 3 is 2.25 bits per heavy atom. The average Bonchev–Trinajstić information content (AvgIpc) is 2.91. The van der Waals surface area contributed by atoms with Crippen LogP contribution in [0.4, 0.5) is 17.3 Å². The number of fused-ring (bicyclic) bond motifs is 1. The van der Waals surface area contributed by atoms with Gasteiger partial charge in [-0.15, -0.1) is 0 Å². The summed E-state index contributed by atoms with van der Waals surface area (Å²) in [6.45, 7) is 1.07. The van der Waals surface area contributed by atoms with E-state index in [-0.39, 0.29) is 5.69 Å². The molecule has 2 aromatic heterocycles. The monoisotopic (exact) mass is 496 g/mol. The van der Waals surface area contributed by atoms with Crippen molar-refractivity contribution in [3.8, 4) is 22.5 Å². The van der Waals surface area contributed by atoms with Gasteiger partial charge in [-0.25, -0.2) is 15.0 Å². The molecule has 178 valence electrons. The zero-order chi connectivity index (χ0) is 24.9. The maximum absolute atomic E-state index is 10.8. The lowest BCUT2D eigenvalue weighted by Crippen LogP contribution is -2.15. The minimum atomic E-state index is -0.475. The van der Waals surface area contributed by atoms with Gasteiger partial charge in [0.25, 0.3) is 5.69 Å². The van der Waals surface area contributed by atoms with E-state index in [4.69, 9.17) is 21.6 Å². The predicted molar refractivity (Wildman–Crippen MR) is 143 cm³/mol. The summed E-state index contributed by atoms with van der Waals surface area (Å²) in [5.41, 5.74) is 3.86. The zero-order valence-electron chi connectivity index (χ0n) is 19.1. The van der Waals surface area contributed by atoms with Gasteiger partial charge in [0, 0.05) is 35.1 Å². The summed E-state index contributed by atoms with van der Waals surface area (Å²) in [7, 11) is 0. The Balaban J connectivity index is 1.35. The third-order valence-corrected chi connectivity index (χ3v) is 5.83. The molecule has 3 aromatic carbocycles. The van der Waals surface area contributed by atoms with Gasteiger partial charge in [-0.3, -0.25) is 10.1 Å². The van der Waals surface area contributed by atoms with Gasteiger partial charge in [-0.2, -0.15) is 0 Å². The molecule has 0 bridgehead atoms. The topological polar surface area (TPSA) is 106 Å². The summed E-state index contributed by atoms with van der Waals surface area (Å²) in [5, 5.41) is 18.8. The number of halogens is 1. The molecule has 0 radical (unpaired) electrons. The molecule has 9 heteroatoms. The van der Waals surface area contributed by atoms with Crippen LogP contribution in [0.1, 0.15) is 0 Å². The van der Waals surface area contributed by atoms with Crippen LogP contribution in [-0.2, 0) is 0 Å². The normalized spacial score (nSPS) is 10.8. The third-order valence-electron chi connectivity index (χ3n) is 5.59. The molecule has 0 aliphatic heterocycles. The minimum Gasteiger partial charge on any atom is -0.368 e. The van der Waals surface area contributed by atoms with Crippen LogP contribution < -0.4 is 10.6 Å². The van der Waals surface area contributed by atoms with Gasteiger partial charge in [0.2, 0.25) is 0 Å². The molecule has 0 unspecified atom stereocenters. The van der Waals surface area contributed by atoms with Crippen molar-refractivity contribution in [3.05, 3.63) is 106 Å². The molecule has 0 fully saturated rings. The molecule has 0 aliphatic carbocycles. The molecule has 2 N–H and O–H groups in total. The Labute approximate surface area is 212 Å². The number of pyridine rings is 1. The highest BCUT2D eigenvalue weighted by atomic mass is 35.5. The predicted octanol–water partition coefficient (Wildman–Crippen LogP) is 6.44. The highest BCUT2D eigenvalue weighted by Gasteiger charge is 2.11. The quantitative estimate of drug-likeness (QED) is 0.144. The van der Waals surface area contributed by atoms with E-state index in [2.05, 4.69) is 39.9 Å². The molecular formula is C27H21ClN6O2. The maximum atomic E-state index is 10.8. The largest absolute Gasteiger partial charge is 0.368 e. The number of rotatable bonds is 8. The van der Waals surface area contributed by atoms with Crippen molar-refractivity contribution >= 4 is 39.8 Å². The first kappa shape index (κ1) is 23.2. The number of aromatic nitrogens is 3. The van der Waals surface area contributed by atoms with Gasteiger partial charge in [-0.05, 0) is 35.4 Å². The highest BCUT2D eigenvalue weighted by molar-refractivity contribution is 6.31. The Bertz CT molecular complexity index is 1510. The number of hydrogen-bond acceptors (Lipinski definition) is 7. The molecule has 8 nitrogen and oxygen atoms in total. The first-order valence-electron chi connectivity index (χ1n) is 11.3. The van der Waals surface area contributed by atoms with Crippen LogP contribution in [0.3, 0.4) is 0 Å². The second kappa shape index (κ2) is 10.4. The van der Waals surface area contributed by atoms with Crippen LogP contribution in [0.15, 0.2) is 91.1 Å². The van der Waals surface area contributed by atoms with Crippen molar-refractivity contribution in [2.75, 3.05) is 23.7 Å². The standard InChI is InChI=1S/C27H21ClN6O2/c28-21-10-12-23-24(16-21)32-26(20-8-6-19(7-9-20)18-4-2-1-3-5-18)33-27(23)30-15-14-29-25-13-11-22(17-31-25)34(35)36/h1-13,16-17H,14-15H2,(H,29,31)(H,30,32,33). The van der Waals surface area contributed by atoms with Crippen LogP contribution in [-0.4, -0.2) is 33.0 Å². The lowest BCUT2D eigenvalue weighted by molar-refractivity contribution is -0.385. The third kappa shape index (κ3) is 5.24. The van der Waals surface area contributed by atoms with Crippen LogP contribution in [0, 0.1) is 10.1 Å². The molecule has 5 rings (SSSR count). The number of nitro groups is 1. The van der Waals surface area contributed by atoms with Crippen molar-refractivity contribution in [1.82, 2.24) is 15.0 Å². The van der Waals surface area contributed by atoms with Crippen molar-refractivity contribution in [2.24, 2.45) is 0 Å². The molecule has 0 amide bonds. The lowest BCUT2D eigenvalue weighted by atomic mass is 10.0. The molecular weight excluding hydrogens is 476 g/mol. The van der Waals surface area contributed by atoms with Gasteiger partial charge in [0.15, 0.2) is 5.82 Å². The van der Waals surface area contributed by atoms with E-state index in [1.54, 1.807) is 6.07 Å². The van der Waals surface area contributed by atoms with Gasteiger partial charge in [0.05, 0.1) is 10.4 Å². The zero-order valence-corrected chi connectivity index (χ0v) is 19.8. The van der Waals surface area contributed by atoms with Crippen molar-refractivity contribution in [1.29, 1.82) is 0 Å². The van der Waals surface area contributed by atoms with Crippen molar-refractivity contribution in [2.45, 2.75) is 0 Å². The molecule has 0 aliphatic rings. The second-order valence-electron chi connectivity index (χ2n) is 8.01. The molecule has 0 spiro atoms. The van der Waals surface area contributed by atoms with E-state index in [0.717, 1.165) is 27.6 Å². The van der Waals surface area contributed by atoms with Crippen LogP contribution in [0.5, 0.6) is 0 Å². The van der Waals surface area contributed by atoms with E-state index < -0.39 is 4.92 Å². The fourth-order valence-corrected chi connectivity index (χ4v) is 3.95. The second-order valence-corrected chi connectivity index (χ2v) is 8.45. The Morgan fingerprint density at radius 1 is 0.806 bits per heavy atom. The minimum absolute atomic E-state index is 0.0471. The molecule has 2 heterocycles. The highest BCUT2D eigenvalue weighted by Crippen LogP contribution is 2.28. The maximum Gasteiger partial charge on any atom is 0.287 e. The fourth-order valence-electron chi connectivity index (χ4n) is 3.78. The summed E-state index contributed by atoms with van der Waals surface area (Å²) in [5.74, 6) is 1.84. The Kier molecular flexibility index (Phi) is 6.68. The smallest absolute Gasteiger partial charge is 0.287 e. The summed E-state index contributed by atoms with van der Waals surface area (Å²) >= 11 is 6.24. The van der Waals surface area contributed by atoms with E-state index >= 15 is 0 Å². The molecule has 0 saturated heterocycles. The SMILES string of the molecule is O=[N+]([O-])c1ccc(NCCNc2nc(-c3ccc(-c4ccccc4)cc3)nc3cc(Cl)ccc23)nc1. The van der Waals surface area contributed by atoms with Gasteiger partial charge in [-0.1, -0.05) is 66.2 Å². The fraction of sp³-hybridized carbons (Fsp3) is 0.0741. The van der Waals surface area contributed by atoms with Crippen molar-refractivity contribution in [3.63, 3.8) is 0 Å². The Hall–Kier alpha value is -4.56. The van der Waals surface area contributed by atoms with Crippen LogP contribution in [0.2, 0.25) is 5.02 Å². The molecule has 36 heavy (non-hydrogen) atoms. The molecule has 5 aromatic rings. The lowest BCUT2D eigenvalue weighted by Gasteiger charge is -2.12. The summed E-state index contributed by atoms with van der Waals surface area (Å²) in [4.78, 5) is 23.9.